The van der Waals surface area contributed by atoms with Gasteiger partial charge in [-0.1, -0.05) is 6.07 Å². The molecule has 0 bridgehead atoms. The van der Waals surface area contributed by atoms with Crippen molar-refractivity contribution in [3.63, 3.8) is 0 Å². The van der Waals surface area contributed by atoms with Crippen LogP contribution >= 0.6 is 0 Å². The van der Waals surface area contributed by atoms with E-state index in [1.54, 1.807) is 7.11 Å². The first-order chi connectivity index (χ1) is 17.5. The van der Waals surface area contributed by atoms with E-state index in [-0.39, 0.29) is 0 Å². The van der Waals surface area contributed by atoms with Gasteiger partial charge in [0.05, 0.1) is 12.3 Å². The summed E-state index contributed by atoms with van der Waals surface area (Å²) in [6.07, 6.45) is -4.19. The summed E-state index contributed by atoms with van der Waals surface area (Å²) < 4.78 is 68.6. The van der Waals surface area contributed by atoms with Crippen LogP contribution in [0, 0.1) is 12.3 Å². The molecular weight excluding hydrogens is 528 g/mol. The lowest BCUT2D eigenvalue weighted by atomic mass is 9.72. The number of hydrogen-bond acceptors (Lipinski definition) is 6. The Balaban J connectivity index is 0.000000426. The topological polar surface area (TPSA) is 120 Å². The number of pyridine rings is 1. The Bertz CT molecular complexity index is 909. The maximum atomic E-state index is 12.1. The number of aryl methyl sites for hydroxylation is 1. The molecule has 1 aromatic heterocycles. The van der Waals surface area contributed by atoms with Gasteiger partial charge in [-0.25, -0.2) is 9.59 Å². The molecule has 0 aliphatic carbocycles. The van der Waals surface area contributed by atoms with Crippen LogP contribution in [0.1, 0.15) is 36.9 Å². The van der Waals surface area contributed by atoms with Crippen molar-refractivity contribution in [3.05, 3.63) is 29.6 Å². The average molecular weight is 560 g/mol. The number of hydrogen-bond donors (Lipinski definition) is 2. The van der Waals surface area contributed by atoms with Crippen LogP contribution in [-0.2, 0) is 25.7 Å². The van der Waals surface area contributed by atoms with E-state index in [2.05, 4.69) is 22.9 Å². The summed E-state index contributed by atoms with van der Waals surface area (Å²) in [5.74, 6) is -5.22. The maximum absolute atomic E-state index is 12.1. The molecule has 216 valence electrons. The number of carbonyl (C=O) groups excluding carboxylic acids is 1. The Hall–Kier alpha value is -2.94. The highest BCUT2D eigenvalue weighted by atomic mass is 19.4. The molecule has 0 atom stereocenters. The van der Waals surface area contributed by atoms with Crippen LogP contribution in [0.15, 0.2) is 18.3 Å². The minimum Gasteiger partial charge on any atom is -0.475 e. The Morgan fingerprint density at radius 2 is 1.58 bits per heavy atom. The molecule has 9 nitrogen and oxygen atoms in total. The number of rotatable bonds is 5. The van der Waals surface area contributed by atoms with Gasteiger partial charge in [0.1, 0.15) is 0 Å². The lowest BCUT2D eigenvalue weighted by molar-refractivity contribution is -0.193. The molecule has 1 amide bonds. The third-order valence-electron chi connectivity index (χ3n) is 6.21. The summed E-state index contributed by atoms with van der Waals surface area (Å²) in [4.78, 5) is 39.0. The first-order valence-corrected chi connectivity index (χ1v) is 11.5. The van der Waals surface area contributed by atoms with E-state index >= 15 is 0 Å². The van der Waals surface area contributed by atoms with Crippen molar-refractivity contribution in [3.8, 4) is 0 Å². The second kappa shape index (κ2) is 14.3. The Kier molecular flexibility index (Phi) is 12.4. The van der Waals surface area contributed by atoms with Crippen LogP contribution in [0.5, 0.6) is 0 Å². The number of amides is 1. The Labute approximate surface area is 215 Å². The van der Waals surface area contributed by atoms with Gasteiger partial charge in [-0.2, -0.15) is 26.3 Å². The van der Waals surface area contributed by atoms with Crippen molar-refractivity contribution in [2.45, 2.75) is 51.5 Å². The van der Waals surface area contributed by atoms with E-state index in [0.29, 0.717) is 24.3 Å². The van der Waals surface area contributed by atoms with Crippen LogP contribution in [0.3, 0.4) is 0 Å². The quantitative estimate of drug-likeness (QED) is 0.526. The van der Waals surface area contributed by atoms with Gasteiger partial charge in [0.25, 0.3) is 0 Å². The molecule has 2 aliphatic rings. The standard InChI is InChI=1S/C19H29N3O2.2C2HF3O2/c1-16-4-3-9-20-17(16)14-21-10-7-19(8-11-21)6-5-18(23)22(15-19)12-13-24-2;2*3-2(4,5)1(6)7/h3-4,9H,5-8,10-15H2,1-2H3;2*(H,6,7). The van der Waals surface area contributed by atoms with Crippen molar-refractivity contribution >= 4 is 17.8 Å². The van der Waals surface area contributed by atoms with E-state index in [1.807, 2.05) is 17.2 Å². The fourth-order valence-electron chi connectivity index (χ4n) is 4.00. The fourth-order valence-corrected chi connectivity index (χ4v) is 4.00. The molecule has 0 radical (unpaired) electrons. The summed E-state index contributed by atoms with van der Waals surface area (Å²) in [7, 11) is 1.70. The van der Waals surface area contributed by atoms with Gasteiger partial charge in [0.15, 0.2) is 0 Å². The number of alkyl halides is 6. The molecule has 15 heteroatoms. The van der Waals surface area contributed by atoms with Gasteiger partial charge in [0, 0.05) is 39.4 Å². The number of aliphatic carboxylic acids is 2. The molecule has 3 heterocycles. The van der Waals surface area contributed by atoms with Crippen LogP contribution in [0.25, 0.3) is 0 Å². The van der Waals surface area contributed by atoms with Crippen molar-refractivity contribution in [1.82, 2.24) is 14.8 Å². The number of carboxylic acid groups (broad SMARTS) is 2. The number of methoxy groups -OCH3 is 1. The summed E-state index contributed by atoms with van der Waals surface area (Å²) in [6.45, 7) is 7.54. The van der Waals surface area contributed by atoms with E-state index in [0.717, 1.165) is 39.1 Å². The minimum absolute atomic E-state index is 0.296. The molecule has 2 saturated heterocycles. The maximum Gasteiger partial charge on any atom is 0.490 e. The lowest BCUT2D eigenvalue weighted by Crippen LogP contribution is -2.52. The number of nitrogens with zero attached hydrogens (tertiary/aromatic N) is 3. The minimum atomic E-state index is -5.08. The van der Waals surface area contributed by atoms with E-state index in [9.17, 15) is 31.1 Å². The summed E-state index contributed by atoms with van der Waals surface area (Å²) in [5.41, 5.74) is 2.78. The molecule has 2 aliphatic heterocycles. The van der Waals surface area contributed by atoms with Gasteiger partial charge in [-0.3, -0.25) is 14.7 Å². The molecule has 3 rings (SSSR count). The third-order valence-corrected chi connectivity index (χ3v) is 6.21. The zero-order valence-electron chi connectivity index (χ0n) is 20.9. The Morgan fingerprint density at radius 1 is 1.05 bits per heavy atom. The number of carbonyl (C=O) groups is 3. The van der Waals surface area contributed by atoms with Crippen LogP contribution in [0.2, 0.25) is 0 Å². The smallest absolute Gasteiger partial charge is 0.475 e. The van der Waals surface area contributed by atoms with Gasteiger partial charge in [-0.15, -0.1) is 0 Å². The zero-order valence-corrected chi connectivity index (χ0v) is 20.9. The average Bonchev–Trinajstić information content (AvgIpc) is 2.82. The predicted octanol–water partition coefficient (Wildman–Crippen LogP) is 3.51. The molecule has 38 heavy (non-hydrogen) atoms. The fraction of sp³-hybridized carbons (Fsp3) is 0.652. The highest BCUT2D eigenvalue weighted by Crippen LogP contribution is 2.40. The van der Waals surface area contributed by atoms with Crippen molar-refractivity contribution in [1.29, 1.82) is 0 Å². The molecule has 1 aromatic rings. The molecule has 0 aromatic carbocycles. The third kappa shape index (κ3) is 11.2. The van der Waals surface area contributed by atoms with E-state index in [1.165, 1.54) is 24.1 Å². The van der Waals surface area contributed by atoms with Gasteiger partial charge < -0.3 is 19.8 Å². The highest BCUT2D eigenvalue weighted by molar-refractivity contribution is 5.77. The van der Waals surface area contributed by atoms with Gasteiger partial charge in [-0.05, 0) is 56.3 Å². The first-order valence-electron chi connectivity index (χ1n) is 11.5. The van der Waals surface area contributed by atoms with E-state index in [4.69, 9.17) is 24.5 Å². The molecule has 2 fully saturated rings. The SMILES string of the molecule is COCCN1CC2(CCC1=O)CCN(Cc1ncccc1C)CC2.O=C(O)C(F)(F)F.O=C(O)C(F)(F)F. The highest BCUT2D eigenvalue weighted by Gasteiger charge is 2.41. The molecular formula is C23H31F6N3O6. The number of aromatic nitrogens is 1. The summed E-state index contributed by atoms with van der Waals surface area (Å²) in [5, 5.41) is 14.2. The summed E-state index contributed by atoms with van der Waals surface area (Å²) in [6, 6.07) is 4.13. The number of piperidine rings is 2. The van der Waals surface area contributed by atoms with Crippen molar-refractivity contribution in [2.24, 2.45) is 5.41 Å². The first kappa shape index (κ1) is 33.1. The van der Waals surface area contributed by atoms with Crippen molar-refractivity contribution < 1.29 is 55.7 Å². The second-order valence-corrected chi connectivity index (χ2v) is 8.96. The van der Waals surface area contributed by atoms with Crippen LogP contribution in [0.4, 0.5) is 26.3 Å². The molecule has 1 spiro atoms. The molecule has 0 unspecified atom stereocenters. The molecule has 2 N–H and O–H groups in total. The Morgan fingerprint density at radius 3 is 2.03 bits per heavy atom. The monoisotopic (exact) mass is 559 g/mol. The normalized spacial score (nSPS) is 17.7. The van der Waals surface area contributed by atoms with E-state index < -0.39 is 24.3 Å². The molecule has 0 saturated carbocycles. The zero-order chi connectivity index (χ0) is 29.1. The lowest BCUT2D eigenvalue weighted by Gasteiger charge is -2.47. The number of halogens is 6. The number of ether oxygens (including phenoxy) is 1. The number of carboxylic acids is 2. The van der Waals surface area contributed by atoms with Crippen molar-refractivity contribution in [2.75, 3.05) is 39.9 Å². The van der Waals surface area contributed by atoms with Gasteiger partial charge >= 0.3 is 24.3 Å². The van der Waals surface area contributed by atoms with Crippen LogP contribution < -0.4 is 0 Å². The predicted molar refractivity (Wildman–Crippen MR) is 121 cm³/mol. The summed E-state index contributed by atoms with van der Waals surface area (Å²) >= 11 is 0. The van der Waals surface area contributed by atoms with Crippen LogP contribution in [-0.4, -0.2) is 95.1 Å². The largest absolute Gasteiger partial charge is 0.490 e. The second-order valence-electron chi connectivity index (χ2n) is 8.96. The number of likely N-dealkylation sites (tertiary alicyclic amines) is 2. The van der Waals surface area contributed by atoms with Gasteiger partial charge in [0.2, 0.25) is 5.91 Å².